The number of phenolic OH excluding ortho intramolecular Hbond substituents is 1. The van der Waals surface area contributed by atoms with Crippen molar-refractivity contribution >= 4 is 34.8 Å². The van der Waals surface area contributed by atoms with E-state index in [4.69, 9.17) is 4.74 Å². The Morgan fingerprint density at radius 2 is 1.60 bits per heavy atom. The zero-order valence-electron chi connectivity index (χ0n) is 23.6. The lowest BCUT2D eigenvalue weighted by molar-refractivity contribution is -0.123. The number of hydrogen-bond donors (Lipinski definition) is 1. The summed E-state index contributed by atoms with van der Waals surface area (Å²) in [6.07, 6.45) is 3.91. The number of aryl methyl sites for hydroxylation is 1. The summed E-state index contributed by atoms with van der Waals surface area (Å²) in [6, 6.07) is 12.9. The van der Waals surface area contributed by atoms with Crippen LogP contribution in [0.5, 0.6) is 5.75 Å². The van der Waals surface area contributed by atoms with Gasteiger partial charge in [0.15, 0.2) is 11.6 Å². The van der Waals surface area contributed by atoms with Gasteiger partial charge < -0.3 is 14.7 Å². The van der Waals surface area contributed by atoms with Crippen LogP contribution in [0.3, 0.4) is 0 Å². The lowest BCUT2D eigenvalue weighted by atomic mass is 9.59. The van der Waals surface area contributed by atoms with Gasteiger partial charge >= 0.3 is 0 Å². The quantitative estimate of drug-likeness (QED) is 0.339. The van der Waals surface area contributed by atoms with Gasteiger partial charge in [-0.3, -0.25) is 24.1 Å². The van der Waals surface area contributed by atoms with Crippen LogP contribution in [0.2, 0.25) is 0 Å². The molecule has 0 spiro atoms. The number of phenols is 1. The highest BCUT2D eigenvalue weighted by Crippen LogP contribution is 2.56. The van der Waals surface area contributed by atoms with Gasteiger partial charge in [-0.2, -0.15) is 0 Å². The van der Waals surface area contributed by atoms with Gasteiger partial charge in [-0.25, -0.2) is 0 Å². The SMILES string of the molecule is CC1=CC(=O)C2=C(C1=O)C(c1cccc(C)c1O)C1=CCC3C(=O)N(c4ccc(N5CCOCC5)cc4)C(=O)C3C1C2. The van der Waals surface area contributed by atoms with E-state index in [0.717, 1.165) is 24.4 Å². The molecule has 2 aromatic carbocycles. The van der Waals surface area contributed by atoms with Crippen molar-refractivity contribution in [1.29, 1.82) is 0 Å². The fraction of sp³-hybridized carbons (Fsp3) is 0.353. The van der Waals surface area contributed by atoms with E-state index in [-0.39, 0.29) is 35.6 Å². The van der Waals surface area contributed by atoms with Crippen molar-refractivity contribution in [3.63, 3.8) is 0 Å². The number of benzene rings is 2. The van der Waals surface area contributed by atoms with Crippen LogP contribution < -0.4 is 9.80 Å². The first-order valence-corrected chi connectivity index (χ1v) is 14.6. The number of ketones is 2. The number of rotatable bonds is 3. The molecule has 0 aromatic heterocycles. The first kappa shape index (κ1) is 26.6. The van der Waals surface area contributed by atoms with Crippen LogP contribution in [0, 0.1) is 24.7 Å². The molecule has 2 aromatic rings. The molecule has 2 fully saturated rings. The molecule has 4 unspecified atom stereocenters. The number of ether oxygens (including phenoxy) is 1. The molecule has 4 atom stereocenters. The predicted molar refractivity (Wildman–Crippen MR) is 156 cm³/mol. The number of carbonyl (C=O) groups excluding carboxylic acids is 4. The molecule has 8 heteroatoms. The third-order valence-electron chi connectivity index (χ3n) is 9.63. The Hall–Kier alpha value is -4.30. The normalized spacial score (nSPS) is 27.5. The average Bonchev–Trinajstić information content (AvgIpc) is 3.26. The first-order chi connectivity index (χ1) is 20.3. The van der Waals surface area contributed by atoms with Crippen molar-refractivity contribution in [3.8, 4) is 5.75 Å². The van der Waals surface area contributed by atoms with Crippen LogP contribution in [0.25, 0.3) is 0 Å². The zero-order valence-corrected chi connectivity index (χ0v) is 23.6. The number of fused-ring (bicyclic) bond motifs is 3. The minimum atomic E-state index is -0.663. The lowest BCUT2D eigenvalue weighted by Crippen LogP contribution is -2.39. The van der Waals surface area contributed by atoms with Gasteiger partial charge in [-0.1, -0.05) is 29.8 Å². The maximum atomic E-state index is 14.1. The summed E-state index contributed by atoms with van der Waals surface area (Å²) >= 11 is 0. The first-order valence-electron chi connectivity index (χ1n) is 14.6. The van der Waals surface area contributed by atoms with Gasteiger partial charge in [0, 0.05) is 47.0 Å². The van der Waals surface area contributed by atoms with Gasteiger partial charge in [-0.15, -0.1) is 0 Å². The van der Waals surface area contributed by atoms with Gasteiger partial charge in [-0.05, 0) is 68.5 Å². The Labute approximate surface area is 243 Å². The maximum Gasteiger partial charge on any atom is 0.238 e. The van der Waals surface area contributed by atoms with E-state index in [1.54, 1.807) is 26.0 Å². The van der Waals surface area contributed by atoms with Crippen LogP contribution >= 0.6 is 0 Å². The lowest BCUT2D eigenvalue weighted by Gasteiger charge is -2.42. The highest BCUT2D eigenvalue weighted by atomic mass is 16.5. The van der Waals surface area contributed by atoms with Crippen LogP contribution in [0.15, 0.2) is 76.9 Å². The number of nitrogens with zero attached hydrogens (tertiary/aromatic N) is 2. The molecule has 0 bridgehead atoms. The Bertz CT molecular complexity index is 1640. The minimum absolute atomic E-state index is 0.0706. The third kappa shape index (κ3) is 3.92. The van der Waals surface area contributed by atoms with E-state index in [0.29, 0.717) is 53.2 Å². The number of morpholine rings is 1. The van der Waals surface area contributed by atoms with Crippen LogP contribution in [0.1, 0.15) is 36.8 Å². The summed E-state index contributed by atoms with van der Waals surface area (Å²) in [4.78, 5) is 58.3. The van der Waals surface area contributed by atoms with Gasteiger partial charge in [0.25, 0.3) is 0 Å². The second-order valence-electron chi connectivity index (χ2n) is 11.9. The average molecular weight is 565 g/mol. The number of amides is 2. The number of carbonyl (C=O) groups is 4. The van der Waals surface area contributed by atoms with Crippen LogP contribution in [-0.2, 0) is 23.9 Å². The molecular formula is C34H32N2O6. The van der Waals surface area contributed by atoms with E-state index in [1.165, 1.54) is 11.0 Å². The van der Waals surface area contributed by atoms with Crippen molar-refractivity contribution in [2.75, 3.05) is 36.1 Å². The summed E-state index contributed by atoms with van der Waals surface area (Å²) in [5.74, 6) is -3.22. The predicted octanol–water partition coefficient (Wildman–Crippen LogP) is 4.17. The molecule has 0 radical (unpaired) electrons. The smallest absolute Gasteiger partial charge is 0.238 e. The van der Waals surface area contributed by atoms with Crippen LogP contribution in [-0.4, -0.2) is 54.8 Å². The highest BCUT2D eigenvalue weighted by molar-refractivity contribution is 6.25. The fourth-order valence-electron chi connectivity index (χ4n) is 7.52. The topological polar surface area (TPSA) is 104 Å². The summed E-state index contributed by atoms with van der Waals surface area (Å²) in [6.45, 7) is 6.32. The largest absolute Gasteiger partial charge is 0.507 e. The molecule has 1 N–H and O–H groups in total. The van der Waals surface area contributed by atoms with E-state index >= 15 is 0 Å². The third-order valence-corrected chi connectivity index (χ3v) is 9.63. The van der Waals surface area contributed by atoms with Crippen molar-refractivity contribution in [2.45, 2.75) is 32.6 Å². The molecule has 7 rings (SSSR count). The Morgan fingerprint density at radius 1 is 0.881 bits per heavy atom. The maximum absolute atomic E-state index is 14.1. The molecule has 8 nitrogen and oxygen atoms in total. The molecule has 0 saturated carbocycles. The number of Topliss-reactive ketones (excluding diaryl/α,β-unsaturated/α-hetero) is 1. The van der Waals surface area contributed by atoms with Crippen LogP contribution in [0.4, 0.5) is 11.4 Å². The number of para-hydroxylation sites is 1. The number of allylic oxidation sites excluding steroid dienone is 6. The van der Waals surface area contributed by atoms with Gasteiger partial charge in [0.1, 0.15) is 5.75 Å². The molecule has 3 aliphatic carbocycles. The monoisotopic (exact) mass is 564 g/mol. The van der Waals surface area contributed by atoms with E-state index in [9.17, 15) is 24.3 Å². The number of aromatic hydroxyl groups is 1. The fourth-order valence-corrected chi connectivity index (χ4v) is 7.52. The summed E-state index contributed by atoms with van der Waals surface area (Å²) in [5.41, 5.74) is 4.71. The number of anilines is 2. The second-order valence-corrected chi connectivity index (χ2v) is 11.9. The van der Waals surface area contributed by atoms with Crippen molar-refractivity contribution in [1.82, 2.24) is 0 Å². The highest BCUT2D eigenvalue weighted by Gasteiger charge is 2.56. The van der Waals surface area contributed by atoms with E-state index in [1.807, 2.05) is 36.4 Å². The number of imide groups is 1. The van der Waals surface area contributed by atoms with Gasteiger partial charge in [0.05, 0.1) is 30.7 Å². The van der Waals surface area contributed by atoms with Crippen molar-refractivity contribution in [3.05, 3.63) is 88.0 Å². The minimum Gasteiger partial charge on any atom is -0.507 e. The molecule has 2 saturated heterocycles. The van der Waals surface area contributed by atoms with E-state index < -0.39 is 23.7 Å². The zero-order chi connectivity index (χ0) is 29.3. The summed E-state index contributed by atoms with van der Waals surface area (Å²) in [5, 5.41) is 11.1. The Morgan fingerprint density at radius 3 is 2.33 bits per heavy atom. The van der Waals surface area contributed by atoms with Crippen molar-refractivity contribution in [2.24, 2.45) is 17.8 Å². The molecule has 2 heterocycles. The summed E-state index contributed by atoms with van der Waals surface area (Å²) < 4.78 is 5.45. The number of hydrogen-bond acceptors (Lipinski definition) is 7. The second kappa shape index (κ2) is 9.91. The molecule has 214 valence electrons. The Balaban J connectivity index is 1.28. The summed E-state index contributed by atoms with van der Waals surface area (Å²) in [7, 11) is 0. The Kier molecular flexibility index (Phi) is 6.27. The van der Waals surface area contributed by atoms with Gasteiger partial charge in [0.2, 0.25) is 11.8 Å². The standard InChI is InChI=1S/C34H32N2O6/c1-18-4-3-5-23(31(18)38)28-22-10-11-24-29(25(22)17-26-27(37)16-19(2)32(39)30(26)28)34(41)36(33(24)40)21-8-6-20(7-9-21)35-12-14-42-15-13-35/h3-10,16,24-25,28-29,38H,11-15,17H2,1-2H3. The molecule has 42 heavy (non-hydrogen) atoms. The van der Waals surface area contributed by atoms with E-state index in [2.05, 4.69) is 4.90 Å². The van der Waals surface area contributed by atoms with Crippen molar-refractivity contribution < 1.29 is 29.0 Å². The molecule has 2 amide bonds. The molecule has 2 aliphatic heterocycles. The molecule has 5 aliphatic rings. The molecular weight excluding hydrogens is 532 g/mol.